The quantitative estimate of drug-likeness (QED) is 0.679. The average molecular weight is 329 g/mol. The fourth-order valence-electron chi connectivity index (χ4n) is 3.04. The molecule has 0 spiro atoms. The number of nitro benzene ring substituents is 1. The van der Waals surface area contributed by atoms with Crippen molar-refractivity contribution in [3.8, 4) is 0 Å². The topological polar surface area (TPSA) is 93.3 Å². The zero-order valence-corrected chi connectivity index (χ0v) is 13.6. The van der Waals surface area contributed by atoms with Crippen molar-refractivity contribution in [2.75, 3.05) is 19.6 Å². The summed E-state index contributed by atoms with van der Waals surface area (Å²) in [5, 5.41) is 14.2. The minimum Gasteiger partial charge on any atom is -0.336 e. The standard InChI is InChI=1S/C16H19N5O3/c1-11-9-12(3-4-13(11)21(23)24)16(22)20-8-5-17-10-14(20)15-18-6-7-19(15)2/h3-4,6-7,9,14,17H,5,8,10H2,1-2H3. The number of nitrogens with one attached hydrogen (secondary N) is 1. The third-order valence-corrected chi connectivity index (χ3v) is 4.30. The second kappa shape index (κ2) is 6.40. The molecule has 1 atom stereocenters. The first-order valence-corrected chi connectivity index (χ1v) is 7.73. The van der Waals surface area contributed by atoms with Gasteiger partial charge in [0.1, 0.15) is 11.9 Å². The molecule has 8 heteroatoms. The molecule has 1 aliphatic heterocycles. The summed E-state index contributed by atoms with van der Waals surface area (Å²) < 4.78 is 1.90. The Morgan fingerprint density at radius 3 is 2.88 bits per heavy atom. The van der Waals surface area contributed by atoms with Crippen molar-refractivity contribution >= 4 is 11.6 Å². The molecule has 0 bridgehead atoms. The van der Waals surface area contributed by atoms with Crippen molar-refractivity contribution in [3.05, 3.63) is 57.7 Å². The summed E-state index contributed by atoms with van der Waals surface area (Å²) in [6.07, 6.45) is 3.56. The van der Waals surface area contributed by atoms with E-state index in [-0.39, 0.29) is 17.6 Å². The molecule has 24 heavy (non-hydrogen) atoms. The summed E-state index contributed by atoms with van der Waals surface area (Å²) >= 11 is 0. The maximum Gasteiger partial charge on any atom is 0.272 e. The molecule has 1 unspecified atom stereocenters. The molecule has 3 rings (SSSR count). The lowest BCUT2D eigenvalue weighted by molar-refractivity contribution is -0.385. The minimum absolute atomic E-state index is 0.0208. The van der Waals surface area contributed by atoms with E-state index in [9.17, 15) is 14.9 Å². The molecule has 0 saturated carbocycles. The van der Waals surface area contributed by atoms with Gasteiger partial charge in [0.15, 0.2) is 0 Å². The van der Waals surface area contributed by atoms with Gasteiger partial charge < -0.3 is 14.8 Å². The lowest BCUT2D eigenvalue weighted by Gasteiger charge is -2.35. The Kier molecular flexibility index (Phi) is 4.30. The smallest absolute Gasteiger partial charge is 0.272 e. The van der Waals surface area contributed by atoms with Crippen LogP contribution in [0.15, 0.2) is 30.6 Å². The van der Waals surface area contributed by atoms with Crippen LogP contribution in [-0.2, 0) is 7.05 Å². The highest BCUT2D eigenvalue weighted by Crippen LogP contribution is 2.25. The number of rotatable bonds is 3. The van der Waals surface area contributed by atoms with Crippen LogP contribution in [0.5, 0.6) is 0 Å². The van der Waals surface area contributed by atoms with Crippen LogP contribution in [0.1, 0.15) is 27.8 Å². The van der Waals surface area contributed by atoms with Gasteiger partial charge in [0.25, 0.3) is 11.6 Å². The number of benzene rings is 1. The number of aryl methyl sites for hydroxylation is 2. The van der Waals surface area contributed by atoms with E-state index in [1.165, 1.54) is 12.1 Å². The summed E-state index contributed by atoms with van der Waals surface area (Å²) in [4.78, 5) is 29.6. The average Bonchev–Trinajstić information content (AvgIpc) is 2.99. The summed E-state index contributed by atoms with van der Waals surface area (Å²) in [6, 6.07) is 4.32. The highest BCUT2D eigenvalue weighted by atomic mass is 16.6. The number of imidazole rings is 1. The molecule has 1 amide bonds. The van der Waals surface area contributed by atoms with E-state index in [1.807, 2.05) is 17.8 Å². The Morgan fingerprint density at radius 1 is 1.46 bits per heavy atom. The molecular weight excluding hydrogens is 310 g/mol. The van der Waals surface area contributed by atoms with Gasteiger partial charge >= 0.3 is 0 Å². The molecule has 2 aromatic rings. The molecule has 1 aliphatic rings. The summed E-state index contributed by atoms with van der Waals surface area (Å²) in [5.74, 6) is 0.677. The zero-order valence-electron chi connectivity index (χ0n) is 13.6. The van der Waals surface area contributed by atoms with Crippen LogP contribution in [-0.4, -0.2) is 44.9 Å². The molecule has 8 nitrogen and oxygen atoms in total. The Labute approximate surface area is 139 Å². The lowest BCUT2D eigenvalue weighted by atomic mass is 10.1. The van der Waals surface area contributed by atoms with Gasteiger partial charge in [-0.2, -0.15) is 0 Å². The van der Waals surface area contributed by atoms with Gasteiger partial charge in [-0.1, -0.05) is 0 Å². The van der Waals surface area contributed by atoms with Gasteiger partial charge in [0.2, 0.25) is 0 Å². The van der Waals surface area contributed by atoms with E-state index in [2.05, 4.69) is 10.3 Å². The fourth-order valence-corrected chi connectivity index (χ4v) is 3.04. The van der Waals surface area contributed by atoms with Crippen LogP contribution in [0.25, 0.3) is 0 Å². The molecule has 1 aromatic heterocycles. The van der Waals surface area contributed by atoms with Gasteiger partial charge in [-0.25, -0.2) is 4.98 Å². The van der Waals surface area contributed by atoms with E-state index in [1.54, 1.807) is 24.1 Å². The minimum atomic E-state index is -0.439. The molecule has 1 saturated heterocycles. The molecule has 0 aliphatic carbocycles. The van der Waals surface area contributed by atoms with Gasteiger partial charge in [-0.15, -0.1) is 0 Å². The monoisotopic (exact) mass is 329 g/mol. The fraction of sp³-hybridized carbons (Fsp3) is 0.375. The van der Waals surface area contributed by atoms with Gasteiger partial charge in [-0.3, -0.25) is 14.9 Å². The van der Waals surface area contributed by atoms with Crippen molar-refractivity contribution in [1.82, 2.24) is 19.8 Å². The molecule has 1 aromatic carbocycles. The van der Waals surface area contributed by atoms with Crippen molar-refractivity contribution < 1.29 is 9.72 Å². The van der Waals surface area contributed by atoms with Gasteiger partial charge in [-0.05, 0) is 19.1 Å². The van der Waals surface area contributed by atoms with Crippen LogP contribution in [0.3, 0.4) is 0 Å². The normalized spacial score (nSPS) is 17.8. The molecule has 1 fully saturated rings. The van der Waals surface area contributed by atoms with Crippen LogP contribution in [0.4, 0.5) is 5.69 Å². The highest BCUT2D eigenvalue weighted by Gasteiger charge is 2.31. The van der Waals surface area contributed by atoms with Gasteiger partial charge in [0.05, 0.1) is 4.92 Å². The number of carbonyl (C=O) groups excluding carboxylic acids is 1. The first kappa shape index (κ1) is 16.1. The first-order valence-electron chi connectivity index (χ1n) is 7.73. The van der Waals surface area contributed by atoms with Crippen molar-refractivity contribution in [3.63, 3.8) is 0 Å². The lowest BCUT2D eigenvalue weighted by Crippen LogP contribution is -2.49. The third kappa shape index (κ3) is 2.88. The van der Waals surface area contributed by atoms with E-state index < -0.39 is 4.92 Å². The Morgan fingerprint density at radius 2 is 2.25 bits per heavy atom. The maximum absolute atomic E-state index is 12.9. The van der Waals surface area contributed by atoms with Gasteiger partial charge in [0, 0.05) is 56.3 Å². The molecule has 2 heterocycles. The predicted octanol–water partition coefficient (Wildman–Crippen LogP) is 1.42. The van der Waals surface area contributed by atoms with E-state index in [0.29, 0.717) is 30.8 Å². The number of hydrogen-bond donors (Lipinski definition) is 1. The van der Waals surface area contributed by atoms with Crippen LogP contribution < -0.4 is 5.32 Å². The zero-order chi connectivity index (χ0) is 17.3. The number of hydrogen-bond acceptors (Lipinski definition) is 5. The molecular formula is C16H19N5O3. The molecule has 0 radical (unpaired) electrons. The van der Waals surface area contributed by atoms with Crippen LogP contribution in [0.2, 0.25) is 0 Å². The van der Waals surface area contributed by atoms with Crippen LogP contribution in [0, 0.1) is 17.0 Å². The summed E-state index contributed by atoms with van der Waals surface area (Å²) in [6.45, 7) is 3.54. The Bertz CT molecular complexity index is 786. The summed E-state index contributed by atoms with van der Waals surface area (Å²) in [5.41, 5.74) is 0.959. The van der Waals surface area contributed by atoms with Crippen molar-refractivity contribution in [2.45, 2.75) is 13.0 Å². The number of piperazine rings is 1. The SMILES string of the molecule is Cc1cc(C(=O)N2CCNCC2c2nccn2C)ccc1[N+](=O)[O-]. The van der Waals surface area contributed by atoms with Crippen LogP contribution >= 0.6 is 0 Å². The maximum atomic E-state index is 12.9. The number of aromatic nitrogens is 2. The van der Waals surface area contributed by atoms with E-state index >= 15 is 0 Å². The van der Waals surface area contributed by atoms with E-state index in [0.717, 1.165) is 5.82 Å². The Balaban J connectivity index is 1.91. The third-order valence-electron chi connectivity index (χ3n) is 4.30. The van der Waals surface area contributed by atoms with Crippen molar-refractivity contribution in [1.29, 1.82) is 0 Å². The number of nitrogens with zero attached hydrogens (tertiary/aromatic N) is 4. The second-order valence-corrected chi connectivity index (χ2v) is 5.87. The number of amides is 1. The predicted molar refractivity (Wildman–Crippen MR) is 87.7 cm³/mol. The molecule has 126 valence electrons. The molecule has 1 N–H and O–H groups in total. The number of carbonyl (C=O) groups is 1. The summed E-state index contributed by atoms with van der Waals surface area (Å²) in [7, 11) is 1.90. The van der Waals surface area contributed by atoms with E-state index in [4.69, 9.17) is 0 Å². The number of nitro groups is 1. The first-order chi connectivity index (χ1) is 11.5. The second-order valence-electron chi connectivity index (χ2n) is 5.87. The Hall–Kier alpha value is -2.74. The highest BCUT2D eigenvalue weighted by molar-refractivity contribution is 5.95. The van der Waals surface area contributed by atoms with Crippen molar-refractivity contribution in [2.24, 2.45) is 7.05 Å². The largest absolute Gasteiger partial charge is 0.336 e.